The van der Waals surface area contributed by atoms with Crippen molar-refractivity contribution in [2.75, 3.05) is 4.90 Å². The third-order valence-electron chi connectivity index (χ3n) is 3.97. The standard InChI is InChI=1S/C18H14N2O3/c1-11-2-7-15-14(10-11)19-18(23-15)12-3-5-13(6-4-12)20-16(21)8-9-17(20)22/h2-7,10H,8-9H2,1H3. The predicted octanol–water partition coefficient (Wildman–Crippen LogP) is 3.46. The van der Waals surface area contributed by atoms with E-state index in [1.54, 1.807) is 12.1 Å². The first kappa shape index (κ1) is 13.7. The van der Waals surface area contributed by atoms with Crippen LogP contribution in [-0.4, -0.2) is 16.8 Å². The summed E-state index contributed by atoms with van der Waals surface area (Å²) >= 11 is 0. The van der Waals surface area contributed by atoms with Gasteiger partial charge in [0.2, 0.25) is 17.7 Å². The molecule has 0 spiro atoms. The van der Waals surface area contributed by atoms with Crippen LogP contribution in [0.15, 0.2) is 46.9 Å². The third-order valence-corrected chi connectivity index (χ3v) is 3.97. The molecule has 1 aliphatic rings. The fraction of sp³-hybridized carbons (Fsp3) is 0.167. The van der Waals surface area contributed by atoms with Crippen LogP contribution >= 0.6 is 0 Å². The maximum Gasteiger partial charge on any atom is 0.234 e. The van der Waals surface area contributed by atoms with Gasteiger partial charge < -0.3 is 4.42 Å². The molecule has 0 saturated carbocycles. The van der Waals surface area contributed by atoms with Gasteiger partial charge in [0.05, 0.1) is 5.69 Å². The first-order valence-electron chi connectivity index (χ1n) is 7.45. The van der Waals surface area contributed by atoms with E-state index >= 15 is 0 Å². The number of hydrogen-bond acceptors (Lipinski definition) is 4. The van der Waals surface area contributed by atoms with Crippen LogP contribution in [-0.2, 0) is 9.59 Å². The molecule has 2 aromatic carbocycles. The van der Waals surface area contributed by atoms with Crippen LogP contribution in [0.25, 0.3) is 22.6 Å². The molecule has 3 aromatic rings. The van der Waals surface area contributed by atoms with Crippen molar-refractivity contribution >= 4 is 28.6 Å². The molecule has 0 radical (unpaired) electrons. The molecule has 114 valence electrons. The summed E-state index contributed by atoms with van der Waals surface area (Å²) in [4.78, 5) is 29.2. The summed E-state index contributed by atoms with van der Waals surface area (Å²) in [5, 5.41) is 0. The first-order valence-corrected chi connectivity index (χ1v) is 7.45. The lowest BCUT2D eigenvalue weighted by molar-refractivity contribution is -0.121. The van der Waals surface area contributed by atoms with E-state index in [2.05, 4.69) is 4.98 Å². The largest absolute Gasteiger partial charge is 0.436 e. The molecule has 2 amide bonds. The highest BCUT2D eigenvalue weighted by molar-refractivity contribution is 6.19. The highest BCUT2D eigenvalue weighted by atomic mass is 16.3. The molecule has 0 atom stereocenters. The number of oxazole rings is 1. The molecule has 2 heterocycles. The molecular weight excluding hydrogens is 292 g/mol. The van der Waals surface area contributed by atoms with Crippen molar-refractivity contribution in [1.29, 1.82) is 0 Å². The Morgan fingerprint density at radius 2 is 1.70 bits per heavy atom. The zero-order valence-electron chi connectivity index (χ0n) is 12.6. The Hall–Kier alpha value is -2.95. The summed E-state index contributed by atoms with van der Waals surface area (Å²) in [6.45, 7) is 2.01. The summed E-state index contributed by atoms with van der Waals surface area (Å²) in [7, 11) is 0. The minimum Gasteiger partial charge on any atom is -0.436 e. The maximum atomic E-state index is 11.8. The van der Waals surface area contributed by atoms with E-state index in [0.29, 0.717) is 11.6 Å². The highest BCUT2D eigenvalue weighted by Crippen LogP contribution is 2.28. The van der Waals surface area contributed by atoms with Gasteiger partial charge in [-0.2, -0.15) is 0 Å². The van der Waals surface area contributed by atoms with Gasteiger partial charge in [-0.3, -0.25) is 14.5 Å². The molecule has 0 unspecified atom stereocenters. The lowest BCUT2D eigenvalue weighted by Gasteiger charge is -2.13. The van der Waals surface area contributed by atoms with Gasteiger partial charge >= 0.3 is 0 Å². The van der Waals surface area contributed by atoms with Crippen molar-refractivity contribution in [2.45, 2.75) is 19.8 Å². The number of amides is 2. The number of carbonyl (C=O) groups is 2. The van der Waals surface area contributed by atoms with E-state index in [0.717, 1.165) is 22.2 Å². The second-order valence-electron chi connectivity index (χ2n) is 5.66. The first-order chi connectivity index (χ1) is 11.1. The number of carbonyl (C=O) groups excluding carboxylic acids is 2. The fourth-order valence-electron chi connectivity index (χ4n) is 2.78. The van der Waals surface area contributed by atoms with E-state index < -0.39 is 0 Å². The third kappa shape index (κ3) is 2.30. The van der Waals surface area contributed by atoms with Crippen LogP contribution < -0.4 is 4.90 Å². The van der Waals surface area contributed by atoms with Crippen LogP contribution in [0.3, 0.4) is 0 Å². The summed E-state index contributed by atoms with van der Waals surface area (Å²) in [5.74, 6) is 0.219. The van der Waals surface area contributed by atoms with E-state index in [4.69, 9.17) is 4.42 Å². The number of aryl methyl sites for hydroxylation is 1. The molecule has 1 aromatic heterocycles. The van der Waals surface area contributed by atoms with Gasteiger partial charge in [-0.15, -0.1) is 0 Å². The second-order valence-corrected chi connectivity index (χ2v) is 5.66. The Labute approximate surface area is 132 Å². The summed E-state index contributed by atoms with van der Waals surface area (Å²) in [5.41, 5.74) is 4.07. The number of rotatable bonds is 2. The average molecular weight is 306 g/mol. The minimum absolute atomic E-state index is 0.153. The molecule has 5 heteroatoms. The van der Waals surface area contributed by atoms with Crippen molar-refractivity contribution in [3.8, 4) is 11.5 Å². The Bertz CT molecular complexity index is 909. The smallest absolute Gasteiger partial charge is 0.234 e. The normalized spacial score (nSPS) is 14.9. The maximum absolute atomic E-state index is 11.8. The number of nitrogens with zero attached hydrogens (tertiary/aromatic N) is 2. The lowest BCUT2D eigenvalue weighted by Crippen LogP contribution is -2.28. The summed E-state index contributed by atoms with van der Waals surface area (Å²) < 4.78 is 5.76. The molecule has 23 heavy (non-hydrogen) atoms. The topological polar surface area (TPSA) is 63.4 Å². The average Bonchev–Trinajstić information content (AvgIpc) is 3.10. The Morgan fingerprint density at radius 1 is 1.00 bits per heavy atom. The monoisotopic (exact) mass is 306 g/mol. The van der Waals surface area contributed by atoms with Gasteiger partial charge in [0, 0.05) is 18.4 Å². The van der Waals surface area contributed by atoms with E-state index in [9.17, 15) is 9.59 Å². The molecule has 0 bridgehead atoms. The number of fused-ring (bicyclic) bond motifs is 1. The van der Waals surface area contributed by atoms with Crippen LogP contribution in [0, 0.1) is 6.92 Å². The molecule has 4 rings (SSSR count). The van der Waals surface area contributed by atoms with Gasteiger partial charge in [0.1, 0.15) is 5.52 Å². The fourth-order valence-corrected chi connectivity index (χ4v) is 2.78. The second kappa shape index (κ2) is 5.05. The molecule has 0 N–H and O–H groups in total. The lowest BCUT2D eigenvalue weighted by atomic mass is 10.2. The quantitative estimate of drug-likeness (QED) is 0.680. The molecule has 1 saturated heterocycles. The summed E-state index contributed by atoms with van der Waals surface area (Å²) in [6.07, 6.45) is 0.566. The van der Waals surface area contributed by atoms with Gasteiger partial charge in [-0.05, 0) is 48.9 Å². The molecule has 0 aliphatic carbocycles. The molecule has 1 aliphatic heterocycles. The van der Waals surface area contributed by atoms with Crippen molar-refractivity contribution in [1.82, 2.24) is 4.98 Å². The van der Waals surface area contributed by atoms with Gasteiger partial charge in [-0.25, -0.2) is 4.98 Å². The highest BCUT2D eigenvalue weighted by Gasteiger charge is 2.30. The number of imide groups is 1. The number of hydrogen-bond donors (Lipinski definition) is 0. The Kier molecular flexibility index (Phi) is 3.01. The van der Waals surface area contributed by atoms with Crippen molar-refractivity contribution in [3.05, 3.63) is 48.0 Å². The Morgan fingerprint density at radius 3 is 2.39 bits per heavy atom. The van der Waals surface area contributed by atoms with Crippen molar-refractivity contribution in [2.24, 2.45) is 0 Å². The van der Waals surface area contributed by atoms with E-state index in [1.165, 1.54) is 4.90 Å². The van der Waals surface area contributed by atoms with Crippen molar-refractivity contribution in [3.63, 3.8) is 0 Å². The molecular formula is C18H14N2O3. The van der Waals surface area contributed by atoms with Crippen LogP contribution in [0.1, 0.15) is 18.4 Å². The van der Waals surface area contributed by atoms with Gasteiger partial charge in [-0.1, -0.05) is 6.07 Å². The minimum atomic E-state index is -0.153. The van der Waals surface area contributed by atoms with Gasteiger partial charge in [0.15, 0.2) is 5.58 Å². The number of aromatic nitrogens is 1. The number of anilines is 1. The van der Waals surface area contributed by atoms with E-state index in [1.807, 2.05) is 37.3 Å². The van der Waals surface area contributed by atoms with Crippen LogP contribution in [0.5, 0.6) is 0 Å². The van der Waals surface area contributed by atoms with Crippen LogP contribution in [0.4, 0.5) is 5.69 Å². The molecule has 5 nitrogen and oxygen atoms in total. The SMILES string of the molecule is Cc1ccc2oc(-c3ccc(N4C(=O)CCC4=O)cc3)nc2c1. The van der Waals surface area contributed by atoms with Crippen molar-refractivity contribution < 1.29 is 14.0 Å². The zero-order valence-corrected chi connectivity index (χ0v) is 12.6. The molecule has 1 fully saturated rings. The van der Waals surface area contributed by atoms with Crippen LogP contribution in [0.2, 0.25) is 0 Å². The predicted molar refractivity (Wildman–Crippen MR) is 85.9 cm³/mol. The zero-order chi connectivity index (χ0) is 16.0. The Balaban J connectivity index is 1.69. The van der Waals surface area contributed by atoms with Gasteiger partial charge in [0.25, 0.3) is 0 Å². The number of benzene rings is 2. The van der Waals surface area contributed by atoms with E-state index in [-0.39, 0.29) is 24.7 Å². The summed E-state index contributed by atoms with van der Waals surface area (Å²) in [6, 6.07) is 13.0.